The van der Waals surface area contributed by atoms with Crippen LogP contribution in [0.15, 0.2) is 21.0 Å². The van der Waals surface area contributed by atoms with Crippen molar-refractivity contribution in [2.45, 2.75) is 64.8 Å². The van der Waals surface area contributed by atoms with E-state index in [1.165, 1.54) is 12.8 Å². The number of furan rings is 1. The van der Waals surface area contributed by atoms with Crippen LogP contribution in [0.2, 0.25) is 0 Å². The second kappa shape index (κ2) is 11.1. The Bertz CT molecular complexity index is 939. The molecule has 0 N–H and O–H groups in total. The number of hydrogen-bond donors (Lipinski definition) is 0. The SMILES string of the molecule is CCCCCCC1c2oc(OC)c(-c3cc(OC)c(OC)cc3Br)c2C(=O)N1CCCC. The van der Waals surface area contributed by atoms with Crippen molar-refractivity contribution in [3.63, 3.8) is 0 Å². The van der Waals surface area contributed by atoms with Gasteiger partial charge in [0, 0.05) is 16.6 Å². The maximum Gasteiger partial charge on any atom is 0.293 e. The van der Waals surface area contributed by atoms with Gasteiger partial charge in [-0.15, -0.1) is 0 Å². The van der Waals surface area contributed by atoms with Gasteiger partial charge in [0.2, 0.25) is 0 Å². The van der Waals surface area contributed by atoms with Crippen LogP contribution in [0.5, 0.6) is 17.4 Å². The summed E-state index contributed by atoms with van der Waals surface area (Å²) in [5, 5.41) is 0. The molecule has 0 fully saturated rings. The number of unbranched alkanes of at least 4 members (excludes halogenated alkanes) is 4. The lowest BCUT2D eigenvalue weighted by Crippen LogP contribution is -2.29. The first-order chi connectivity index (χ1) is 15.5. The van der Waals surface area contributed by atoms with Crippen LogP contribution in [0.3, 0.4) is 0 Å². The van der Waals surface area contributed by atoms with E-state index in [9.17, 15) is 4.79 Å². The van der Waals surface area contributed by atoms with Crippen LogP contribution in [0.1, 0.15) is 81.0 Å². The molecule has 2 heterocycles. The summed E-state index contributed by atoms with van der Waals surface area (Å²) in [6.07, 6.45) is 7.50. The molecule has 0 saturated carbocycles. The lowest BCUT2D eigenvalue weighted by molar-refractivity contribution is 0.0697. The molecule has 6 nitrogen and oxygen atoms in total. The van der Waals surface area contributed by atoms with Gasteiger partial charge in [-0.3, -0.25) is 4.79 Å². The molecule has 0 aliphatic carbocycles. The number of hydrogen-bond acceptors (Lipinski definition) is 5. The summed E-state index contributed by atoms with van der Waals surface area (Å²) < 4.78 is 23.5. The van der Waals surface area contributed by atoms with Gasteiger partial charge in [0.15, 0.2) is 11.5 Å². The first kappa shape index (κ1) is 24.5. The number of fused-ring (bicyclic) bond motifs is 1. The summed E-state index contributed by atoms with van der Waals surface area (Å²) in [5.74, 6) is 2.26. The zero-order chi connectivity index (χ0) is 23.3. The van der Waals surface area contributed by atoms with Crippen LogP contribution >= 0.6 is 15.9 Å². The number of benzene rings is 1. The average Bonchev–Trinajstić information content (AvgIpc) is 3.29. The summed E-state index contributed by atoms with van der Waals surface area (Å²) in [6.45, 7) is 5.08. The summed E-state index contributed by atoms with van der Waals surface area (Å²) in [5.41, 5.74) is 2.05. The Kier molecular flexibility index (Phi) is 8.51. The summed E-state index contributed by atoms with van der Waals surface area (Å²) >= 11 is 3.64. The van der Waals surface area contributed by atoms with Gasteiger partial charge in [-0.25, -0.2) is 0 Å². The number of amides is 1. The van der Waals surface area contributed by atoms with Gasteiger partial charge in [-0.2, -0.15) is 0 Å². The summed E-state index contributed by atoms with van der Waals surface area (Å²) in [6, 6.07) is 3.64. The van der Waals surface area contributed by atoms with Crippen LogP contribution in [0.25, 0.3) is 11.1 Å². The third-order valence-corrected chi connectivity index (χ3v) is 6.72. The van der Waals surface area contributed by atoms with Crippen molar-refractivity contribution < 1.29 is 23.4 Å². The summed E-state index contributed by atoms with van der Waals surface area (Å²) in [7, 11) is 4.76. The number of ether oxygens (including phenoxy) is 3. The fourth-order valence-corrected chi connectivity index (χ4v) is 4.89. The normalized spacial score (nSPS) is 15.2. The lowest BCUT2D eigenvalue weighted by Gasteiger charge is -2.25. The maximum atomic E-state index is 13.7. The molecule has 1 aromatic heterocycles. The maximum absolute atomic E-state index is 13.7. The third-order valence-electron chi connectivity index (χ3n) is 6.07. The van der Waals surface area contributed by atoms with Crippen LogP contribution in [0.4, 0.5) is 0 Å². The van der Waals surface area contributed by atoms with E-state index in [0.717, 1.165) is 54.4 Å². The molecule has 0 spiro atoms. The highest BCUT2D eigenvalue weighted by Crippen LogP contribution is 2.51. The minimum Gasteiger partial charge on any atom is -0.493 e. The highest BCUT2D eigenvalue weighted by Gasteiger charge is 2.44. The molecule has 32 heavy (non-hydrogen) atoms. The van der Waals surface area contributed by atoms with Crippen LogP contribution < -0.4 is 14.2 Å². The predicted octanol–water partition coefficient (Wildman–Crippen LogP) is 7.00. The minimum atomic E-state index is -0.0533. The number of carbonyl (C=O) groups excluding carboxylic acids is 1. The molecule has 7 heteroatoms. The molecule has 1 aliphatic heterocycles. The lowest BCUT2D eigenvalue weighted by atomic mass is 10.00. The molecule has 0 bridgehead atoms. The molecule has 1 aliphatic rings. The highest BCUT2D eigenvalue weighted by molar-refractivity contribution is 9.10. The van der Waals surface area contributed by atoms with E-state index in [1.807, 2.05) is 17.0 Å². The highest BCUT2D eigenvalue weighted by atomic mass is 79.9. The van der Waals surface area contributed by atoms with Crippen molar-refractivity contribution in [3.8, 4) is 28.6 Å². The number of rotatable bonds is 12. The Morgan fingerprint density at radius 3 is 2.25 bits per heavy atom. The van der Waals surface area contributed by atoms with Crippen molar-refractivity contribution in [2.24, 2.45) is 0 Å². The molecule has 1 aromatic carbocycles. The monoisotopic (exact) mass is 507 g/mol. The Morgan fingerprint density at radius 1 is 0.938 bits per heavy atom. The fourth-order valence-electron chi connectivity index (χ4n) is 4.37. The zero-order valence-electron chi connectivity index (χ0n) is 19.8. The molecule has 1 amide bonds. The molecule has 0 saturated heterocycles. The van der Waals surface area contributed by atoms with E-state index in [2.05, 4.69) is 29.8 Å². The van der Waals surface area contributed by atoms with Crippen molar-refractivity contribution >= 4 is 21.8 Å². The predicted molar refractivity (Wildman–Crippen MR) is 129 cm³/mol. The van der Waals surface area contributed by atoms with Gasteiger partial charge >= 0.3 is 0 Å². The number of carbonyl (C=O) groups is 1. The quantitative estimate of drug-likeness (QED) is 0.289. The van der Waals surface area contributed by atoms with Gasteiger partial charge in [-0.1, -0.05) is 61.9 Å². The first-order valence-corrected chi connectivity index (χ1v) is 12.2. The fraction of sp³-hybridized carbons (Fsp3) is 0.560. The van der Waals surface area contributed by atoms with Crippen molar-refractivity contribution in [2.75, 3.05) is 27.9 Å². The van der Waals surface area contributed by atoms with Gasteiger partial charge in [0.05, 0.1) is 38.5 Å². The van der Waals surface area contributed by atoms with Crippen LogP contribution in [-0.2, 0) is 0 Å². The Labute approximate surface area is 199 Å². The summed E-state index contributed by atoms with van der Waals surface area (Å²) in [4.78, 5) is 15.6. The number of methoxy groups -OCH3 is 3. The van der Waals surface area contributed by atoms with Crippen LogP contribution in [-0.4, -0.2) is 38.7 Å². The molecular weight excluding hydrogens is 474 g/mol. The van der Waals surface area contributed by atoms with E-state index in [4.69, 9.17) is 18.6 Å². The Balaban J connectivity index is 2.09. The topological polar surface area (TPSA) is 61.1 Å². The largest absolute Gasteiger partial charge is 0.493 e. The molecule has 2 aromatic rings. The Morgan fingerprint density at radius 2 is 1.62 bits per heavy atom. The molecular formula is C25H34BrNO5. The van der Waals surface area contributed by atoms with Gasteiger partial charge < -0.3 is 23.5 Å². The third kappa shape index (κ3) is 4.63. The average molecular weight is 508 g/mol. The van der Waals surface area contributed by atoms with Gasteiger partial charge in [0.25, 0.3) is 11.9 Å². The standard InChI is InChI=1S/C25H34BrNO5/c1-6-8-10-11-12-18-23-22(24(28)27(18)13-9-7-2)21(25(31-5)32-23)16-14-19(29-3)20(30-4)15-17(16)26/h14-15,18H,6-13H2,1-5H3. The molecule has 1 atom stereocenters. The molecule has 176 valence electrons. The molecule has 0 radical (unpaired) electrons. The van der Waals surface area contributed by atoms with E-state index in [1.54, 1.807) is 21.3 Å². The van der Waals surface area contributed by atoms with Gasteiger partial charge in [-0.05, 0) is 25.0 Å². The van der Waals surface area contributed by atoms with E-state index >= 15 is 0 Å². The first-order valence-electron chi connectivity index (χ1n) is 11.5. The second-order valence-corrected chi connectivity index (χ2v) is 8.97. The van der Waals surface area contributed by atoms with E-state index in [0.29, 0.717) is 28.6 Å². The number of halogens is 1. The second-order valence-electron chi connectivity index (χ2n) is 8.11. The molecule has 3 rings (SSSR count). The van der Waals surface area contributed by atoms with Crippen molar-refractivity contribution in [1.29, 1.82) is 0 Å². The minimum absolute atomic E-state index is 0.0117. The smallest absolute Gasteiger partial charge is 0.293 e. The zero-order valence-corrected chi connectivity index (χ0v) is 21.3. The molecule has 1 unspecified atom stereocenters. The van der Waals surface area contributed by atoms with Gasteiger partial charge in [0.1, 0.15) is 5.76 Å². The van der Waals surface area contributed by atoms with Crippen LogP contribution in [0, 0.1) is 0 Å². The van der Waals surface area contributed by atoms with Crippen molar-refractivity contribution in [1.82, 2.24) is 4.90 Å². The van der Waals surface area contributed by atoms with E-state index in [-0.39, 0.29) is 11.9 Å². The van der Waals surface area contributed by atoms with E-state index < -0.39 is 0 Å². The Hall–Kier alpha value is -2.15. The van der Waals surface area contributed by atoms with Crippen molar-refractivity contribution in [3.05, 3.63) is 27.9 Å². The number of nitrogens with zero attached hydrogens (tertiary/aromatic N) is 1.